The molecule has 4 rings (SSSR count). The molecule has 3 aromatic carbocycles. The highest BCUT2D eigenvalue weighted by atomic mass is 32.1. The van der Waals surface area contributed by atoms with E-state index < -0.39 is 11.7 Å². The number of anilines is 2. The molecule has 0 unspecified atom stereocenters. The summed E-state index contributed by atoms with van der Waals surface area (Å²) >= 11 is 1.29. The number of carbonyl (C=O) groups excluding carboxylic acids is 2. The minimum absolute atomic E-state index is 0.206. The molecule has 0 atom stereocenters. The molecule has 7 heteroatoms. The van der Waals surface area contributed by atoms with Crippen LogP contribution in [0, 0.1) is 0 Å². The fraction of sp³-hybridized carbons (Fsp3) is 0.174. The fourth-order valence-electron chi connectivity index (χ4n) is 2.98. The van der Waals surface area contributed by atoms with Crippen molar-refractivity contribution in [1.82, 2.24) is 4.98 Å². The Kier molecular flexibility index (Phi) is 5.13. The van der Waals surface area contributed by atoms with E-state index in [0.29, 0.717) is 16.2 Å². The van der Waals surface area contributed by atoms with Crippen molar-refractivity contribution in [2.24, 2.45) is 0 Å². The molecule has 0 spiro atoms. The van der Waals surface area contributed by atoms with E-state index in [1.807, 2.05) is 42.5 Å². The molecular formula is C23H21N3O3S. The Morgan fingerprint density at radius 2 is 1.70 bits per heavy atom. The molecule has 0 fully saturated rings. The molecule has 0 saturated carbocycles. The zero-order valence-corrected chi connectivity index (χ0v) is 17.7. The average molecular weight is 420 g/mol. The smallest absolute Gasteiger partial charge is 0.413 e. The molecule has 0 bridgehead atoms. The summed E-state index contributed by atoms with van der Waals surface area (Å²) in [6, 6.07) is 19.0. The lowest BCUT2D eigenvalue weighted by Crippen LogP contribution is -2.27. The van der Waals surface area contributed by atoms with Crippen molar-refractivity contribution in [1.29, 1.82) is 0 Å². The third-order valence-corrected chi connectivity index (χ3v) is 5.20. The first kappa shape index (κ1) is 19.8. The van der Waals surface area contributed by atoms with Gasteiger partial charge in [0.25, 0.3) is 5.91 Å². The van der Waals surface area contributed by atoms with E-state index in [1.165, 1.54) is 11.3 Å². The van der Waals surface area contributed by atoms with Crippen LogP contribution in [0.3, 0.4) is 0 Å². The monoisotopic (exact) mass is 419 g/mol. The van der Waals surface area contributed by atoms with Crippen molar-refractivity contribution in [3.05, 3.63) is 66.2 Å². The standard InChI is InChI=1S/C23H21N3O3S/c1-23(2,3)29-22(28)26-21-25-18-11-9-16(13-19(18)30-21)20(27)24-17-10-8-14-6-4-5-7-15(14)12-17/h4-13H,1-3H3,(H,24,27)(H,25,26,28). The van der Waals surface area contributed by atoms with Gasteiger partial charge in [0.15, 0.2) is 5.13 Å². The van der Waals surface area contributed by atoms with E-state index in [9.17, 15) is 9.59 Å². The third-order valence-electron chi connectivity index (χ3n) is 4.27. The number of nitrogens with one attached hydrogen (secondary N) is 2. The number of nitrogens with zero attached hydrogens (tertiary/aromatic N) is 1. The second-order valence-corrected chi connectivity index (χ2v) is 8.88. The molecule has 4 aromatic rings. The first-order valence-corrected chi connectivity index (χ1v) is 10.3. The molecule has 30 heavy (non-hydrogen) atoms. The summed E-state index contributed by atoms with van der Waals surface area (Å²) in [5.41, 5.74) is 1.36. The van der Waals surface area contributed by atoms with Gasteiger partial charge in [-0.2, -0.15) is 0 Å². The SMILES string of the molecule is CC(C)(C)OC(=O)Nc1nc2ccc(C(=O)Nc3ccc4ccccc4c3)cc2s1. The summed E-state index contributed by atoms with van der Waals surface area (Å²) < 4.78 is 6.05. The highest BCUT2D eigenvalue weighted by molar-refractivity contribution is 7.22. The third kappa shape index (κ3) is 4.58. The fourth-order valence-corrected chi connectivity index (χ4v) is 3.87. The molecule has 1 heterocycles. The van der Waals surface area contributed by atoms with Gasteiger partial charge in [0.05, 0.1) is 10.2 Å². The molecule has 2 amide bonds. The van der Waals surface area contributed by atoms with Crippen molar-refractivity contribution in [2.75, 3.05) is 10.6 Å². The van der Waals surface area contributed by atoms with E-state index in [-0.39, 0.29) is 5.91 Å². The van der Waals surface area contributed by atoms with Gasteiger partial charge in [-0.25, -0.2) is 9.78 Å². The van der Waals surface area contributed by atoms with Crippen LogP contribution in [0.4, 0.5) is 15.6 Å². The van der Waals surface area contributed by atoms with Gasteiger partial charge in [-0.1, -0.05) is 41.7 Å². The number of fused-ring (bicyclic) bond motifs is 2. The largest absolute Gasteiger partial charge is 0.444 e. The molecule has 152 valence electrons. The number of hydrogen-bond donors (Lipinski definition) is 2. The van der Waals surface area contributed by atoms with E-state index in [4.69, 9.17) is 4.74 Å². The summed E-state index contributed by atoms with van der Waals surface area (Å²) in [6.45, 7) is 5.39. The summed E-state index contributed by atoms with van der Waals surface area (Å²) in [6.07, 6.45) is -0.559. The van der Waals surface area contributed by atoms with Crippen LogP contribution in [-0.2, 0) is 4.74 Å². The van der Waals surface area contributed by atoms with Crippen molar-refractivity contribution in [2.45, 2.75) is 26.4 Å². The van der Waals surface area contributed by atoms with Crippen LogP contribution in [0.25, 0.3) is 21.0 Å². The second-order valence-electron chi connectivity index (χ2n) is 7.84. The average Bonchev–Trinajstić information content (AvgIpc) is 3.07. The van der Waals surface area contributed by atoms with Gasteiger partial charge in [0.1, 0.15) is 5.60 Å². The number of amides is 2. The summed E-state index contributed by atoms with van der Waals surface area (Å²) in [4.78, 5) is 29.0. The number of aromatic nitrogens is 1. The van der Waals surface area contributed by atoms with Crippen molar-refractivity contribution < 1.29 is 14.3 Å². The molecule has 0 saturated heterocycles. The number of benzene rings is 3. The normalized spacial score (nSPS) is 11.4. The van der Waals surface area contributed by atoms with Gasteiger partial charge in [0, 0.05) is 11.3 Å². The number of rotatable bonds is 3. The molecule has 0 aliphatic carbocycles. The quantitative estimate of drug-likeness (QED) is 0.424. The lowest BCUT2D eigenvalue weighted by Gasteiger charge is -2.18. The predicted octanol–water partition coefficient (Wildman–Crippen LogP) is 6.05. The van der Waals surface area contributed by atoms with Crippen molar-refractivity contribution in [3.63, 3.8) is 0 Å². The highest BCUT2D eigenvalue weighted by Crippen LogP contribution is 2.28. The van der Waals surface area contributed by atoms with Crippen LogP contribution >= 0.6 is 11.3 Å². The maximum absolute atomic E-state index is 12.7. The number of hydrogen-bond acceptors (Lipinski definition) is 5. The molecule has 0 aliphatic rings. The summed E-state index contributed by atoms with van der Waals surface area (Å²) in [5.74, 6) is -0.206. The minimum Gasteiger partial charge on any atom is -0.444 e. The molecule has 6 nitrogen and oxygen atoms in total. The molecular weight excluding hydrogens is 398 g/mol. The Morgan fingerprint density at radius 3 is 2.47 bits per heavy atom. The maximum Gasteiger partial charge on any atom is 0.413 e. The maximum atomic E-state index is 12.7. The Hall–Kier alpha value is -3.45. The van der Waals surface area contributed by atoms with Crippen LogP contribution in [0.5, 0.6) is 0 Å². The first-order valence-electron chi connectivity index (χ1n) is 9.48. The Labute approximate surface area is 177 Å². The van der Waals surface area contributed by atoms with E-state index >= 15 is 0 Å². The first-order chi connectivity index (χ1) is 14.3. The van der Waals surface area contributed by atoms with Gasteiger partial charge in [-0.3, -0.25) is 10.1 Å². The lowest BCUT2D eigenvalue weighted by atomic mass is 10.1. The second kappa shape index (κ2) is 7.76. The van der Waals surface area contributed by atoms with Crippen LogP contribution in [0.2, 0.25) is 0 Å². The molecule has 2 N–H and O–H groups in total. The molecule has 0 aliphatic heterocycles. The van der Waals surface area contributed by atoms with E-state index in [1.54, 1.807) is 39.0 Å². The topological polar surface area (TPSA) is 80.3 Å². The van der Waals surface area contributed by atoms with Crippen molar-refractivity contribution >= 4 is 55.1 Å². The van der Waals surface area contributed by atoms with E-state index in [2.05, 4.69) is 15.6 Å². The zero-order chi connectivity index (χ0) is 21.3. The van der Waals surface area contributed by atoms with E-state index in [0.717, 1.165) is 21.2 Å². The number of carbonyl (C=O) groups is 2. The van der Waals surface area contributed by atoms with Gasteiger partial charge >= 0.3 is 6.09 Å². The van der Waals surface area contributed by atoms with Crippen LogP contribution in [0.1, 0.15) is 31.1 Å². The highest BCUT2D eigenvalue weighted by Gasteiger charge is 2.18. The Bertz CT molecular complexity index is 1260. The van der Waals surface area contributed by atoms with Gasteiger partial charge in [-0.05, 0) is 61.9 Å². The molecule has 1 aromatic heterocycles. The van der Waals surface area contributed by atoms with Gasteiger partial charge in [0.2, 0.25) is 0 Å². The molecule has 0 radical (unpaired) electrons. The predicted molar refractivity (Wildman–Crippen MR) is 121 cm³/mol. The van der Waals surface area contributed by atoms with Gasteiger partial charge < -0.3 is 10.1 Å². The summed E-state index contributed by atoms with van der Waals surface area (Å²) in [5, 5.41) is 8.18. The zero-order valence-electron chi connectivity index (χ0n) is 16.9. The number of ether oxygens (including phenoxy) is 1. The lowest BCUT2D eigenvalue weighted by molar-refractivity contribution is 0.0635. The number of thiazole rings is 1. The van der Waals surface area contributed by atoms with Crippen LogP contribution < -0.4 is 10.6 Å². The Balaban J connectivity index is 1.50. The van der Waals surface area contributed by atoms with Gasteiger partial charge in [-0.15, -0.1) is 0 Å². The van der Waals surface area contributed by atoms with Crippen LogP contribution in [0.15, 0.2) is 60.7 Å². The summed E-state index contributed by atoms with van der Waals surface area (Å²) in [7, 11) is 0. The minimum atomic E-state index is -0.589. The Morgan fingerprint density at radius 1 is 0.933 bits per heavy atom. The van der Waals surface area contributed by atoms with Crippen LogP contribution in [-0.4, -0.2) is 22.6 Å². The van der Waals surface area contributed by atoms with Crippen molar-refractivity contribution in [3.8, 4) is 0 Å².